The van der Waals surface area contributed by atoms with Crippen LogP contribution in [0.3, 0.4) is 0 Å². The summed E-state index contributed by atoms with van der Waals surface area (Å²) in [7, 11) is 0. The van der Waals surface area contributed by atoms with Crippen molar-refractivity contribution in [3.63, 3.8) is 0 Å². The largest absolute Gasteiger partial charge is 0.462 e. The summed E-state index contributed by atoms with van der Waals surface area (Å²) >= 11 is 0. The Balaban J connectivity index is 1.85. The third-order valence-corrected chi connectivity index (χ3v) is 3.78. The molecule has 0 aliphatic rings. The summed E-state index contributed by atoms with van der Waals surface area (Å²) in [5.41, 5.74) is 0.625. The Morgan fingerprint density at radius 2 is 1.23 bits per heavy atom. The van der Waals surface area contributed by atoms with Crippen molar-refractivity contribution in [1.29, 1.82) is 0 Å². The summed E-state index contributed by atoms with van der Waals surface area (Å²) in [4.78, 5) is 11.7. The first-order chi connectivity index (χ1) is 10.8. The average Bonchev–Trinajstić information content (AvgIpc) is 2.56. The predicted octanol–water partition coefficient (Wildman–Crippen LogP) is 5.17. The summed E-state index contributed by atoms with van der Waals surface area (Å²) in [5.74, 6) is -0.223. The molecule has 3 nitrogen and oxygen atoms in total. The minimum atomic E-state index is -0.223. The molecule has 0 aliphatic carbocycles. The van der Waals surface area contributed by atoms with Crippen LogP contribution in [0.2, 0.25) is 0 Å². The number of esters is 1. The highest BCUT2D eigenvalue weighted by Crippen LogP contribution is 2.11. The number of hydrogen-bond donors (Lipinski definition) is 0. The number of carbonyl (C=O) groups is 1. The van der Waals surface area contributed by atoms with Crippen LogP contribution in [0.4, 0.5) is 0 Å². The van der Waals surface area contributed by atoms with E-state index in [1.165, 1.54) is 38.5 Å². The molecule has 0 spiro atoms. The lowest BCUT2D eigenvalue weighted by atomic mass is 10.1. The monoisotopic (exact) mass is 305 g/mol. The third-order valence-electron chi connectivity index (χ3n) is 3.78. The standard InChI is InChI=1S/C19H29O3/c20-16-12-7-5-3-1-2-4-6-8-13-17-22-19(21)18-14-10-9-11-15-18/h9-11,14-15H,1-8,12-13,16-17H2. The number of hydrogen-bond acceptors (Lipinski definition) is 2. The van der Waals surface area contributed by atoms with Gasteiger partial charge in [0.15, 0.2) is 0 Å². The number of unbranched alkanes of at least 4 members (excludes halogenated alkanes) is 9. The number of ether oxygens (including phenoxy) is 1. The second kappa shape index (κ2) is 13.3. The van der Waals surface area contributed by atoms with Crippen LogP contribution in [0.1, 0.15) is 74.6 Å². The molecular formula is C19H29O3. The summed E-state index contributed by atoms with van der Waals surface area (Å²) < 4.78 is 5.25. The third kappa shape index (κ3) is 9.56. The molecule has 0 amide bonds. The van der Waals surface area contributed by atoms with Gasteiger partial charge in [0.2, 0.25) is 0 Å². The van der Waals surface area contributed by atoms with Gasteiger partial charge in [0.1, 0.15) is 0 Å². The van der Waals surface area contributed by atoms with Crippen LogP contribution >= 0.6 is 0 Å². The molecule has 0 atom stereocenters. The van der Waals surface area contributed by atoms with E-state index < -0.39 is 0 Å². The fourth-order valence-electron chi connectivity index (χ4n) is 2.44. The lowest BCUT2D eigenvalue weighted by Crippen LogP contribution is -2.06. The van der Waals surface area contributed by atoms with E-state index in [1.54, 1.807) is 12.1 Å². The molecule has 0 aliphatic heterocycles. The van der Waals surface area contributed by atoms with Crippen LogP contribution in [0.15, 0.2) is 30.3 Å². The molecule has 22 heavy (non-hydrogen) atoms. The van der Waals surface area contributed by atoms with Crippen molar-refractivity contribution >= 4 is 5.97 Å². The number of benzene rings is 1. The Morgan fingerprint density at radius 1 is 0.727 bits per heavy atom. The van der Waals surface area contributed by atoms with Gasteiger partial charge < -0.3 is 4.74 Å². The number of rotatable bonds is 13. The molecule has 0 unspecified atom stereocenters. The molecule has 0 heterocycles. The van der Waals surface area contributed by atoms with Gasteiger partial charge in [0.25, 0.3) is 0 Å². The van der Waals surface area contributed by atoms with E-state index in [0.717, 1.165) is 25.7 Å². The van der Waals surface area contributed by atoms with Crippen LogP contribution < -0.4 is 0 Å². The molecule has 1 aromatic rings. The maximum absolute atomic E-state index is 11.7. The first-order valence-corrected chi connectivity index (χ1v) is 8.65. The van der Waals surface area contributed by atoms with E-state index in [4.69, 9.17) is 4.74 Å². The Bertz CT molecular complexity index is 376. The zero-order chi connectivity index (χ0) is 15.9. The van der Waals surface area contributed by atoms with E-state index >= 15 is 0 Å². The van der Waals surface area contributed by atoms with Gasteiger partial charge in [-0.25, -0.2) is 9.90 Å². The van der Waals surface area contributed by atoms with E-state index in [2.05, 4.69) is 0 Å². The summed E-state index contributed by atoms with van der Waals surface area (Å²) in [6.07, 6.45) is 11.5. The van der Waals surface area contributed by atoms with Crippen molar-refractivity contribution in [2.45, 2.75) is 64.2 Å². The highest BCUT2D eigenvalue weighted by Gasteiger charge is 2.04. The Kier molecular flexibility index (Phi) is 11.3. The van der Waals surface area contributed by atoms with Crippen molar-refractivity contribution in [1.82, 2.24) is 0 Å². The molecule has 0 bridgehead atoms. The Labute approximate surface area is 134 Å². The maximum Gasteiger partial charge on any atom is 0.338 e. The fraction of sp³-hybridized carbons (Fsp3) is 0.632. The van der Waals surface area contributed by atoms with Gasteiger partial charge >= 0.3 is 5.97 Å². The van der Waals surface area contributed by atoms with Crippen LogP contribution in [0.25, 0.3) is 0 Å². The van der Waals surface area contributed by atoms with E-state index in [9.17, 15) is 9.90 Å². The summed E-state index contributed by atoms with van der Waals surface area (Å²) in [5, 5.41) is 10.3. The first-order valence-electron chi connectivity index (χ1n) is 8.65. The normalized spacial score (nSPS) is 10.6. The van der Waals surface area contributed by atoms with Crippen LogP contribution in [-0.2, 0) is 9.84 Å². The minimum absolute atomic E-state index is 0.0782. The maximum atomic E-state index is 11.7. The molecule has 123 valence electrons. The van der Waals surface area contributed by atoms with Gasteiger partial charge in [-0.2, -0.15) is 0 Å². The molecule has 0 saturated carbocycles. The van der Waals surface area contributed by atoms with Gasteiger partial charge in [-0.15, -0.1) is 0 Å². The average molecular weight is 305 g/mol. The van der Waals surface area contributed by atoms with Gasteiger partial charge in [0.05, 0.1) is 18.8 Å². The van der Waals surface area contributed by atoms with Crippen LogP contribution in [0, 0.1) is 0 Å². The molecular weight excluding hydrogens is 276 g/mol. The SMILES string of the molecule is [O]CCCCCCCCCCCCOC(=O)c1ccccc1. The molecule has 0 N–H and O–H groups in total. The molecule has 3 heteroatoms. The quantitative estimate of drug-likeness (QED) is 0.372. The van der Waals surface area contributed by atoms with Gasteiger partial charge in [-0.3, -0.25) is 0 Å². The molecule has 1 rings (SSSR count). The van der Waals surface area contributed by atoms with Gasteiger partial charge in [-0.1, -0.05) is 69.6 Å². The van der Waals surface area contributed by atoms with Crippen molar-refractivity contribution in [2.75, 3.05) is 13.2 Å². The van der Waals surface area contributed by atoms with E-state index in [1.807, 2.05) is 18.2 Å². The highest BCUT2D eigenvalue weighted by molar-refractivity contribution is 5.89. The van der Waals surface area contributed by atoms with E-state index in [-0.39, 0.29) is 12.6 Å². The molecule has 0 aromatic heterocycles. The van der Waals surface area contributed by atoms with Crippen LogP contribution in [-0.4, -0.2) is 19.2 Å². The Morgan fingerprint density at radius 3 is 1.77 bits per heavy atom. The molecule has 1 aromatic carbocycles. The van der Waals surface area contributed by atoms with Crippen molar-refractivity contribution in [3.05, 3.63) is 35.9 Å². The van der Waals surface area contributed by atoms with Gasteiger partial charge in [-0.05, 0) is 25.0 Å². The molecule has 0 fully saturated rings. The van der Waals surface area contributed by atoms with Gasteiger partial charge in [0, 0.05) is 0 Å². The highest BCUT2D eigenvalue weighted by atomic mass is 16.5. The smallest absolute Gasteiger partial charge is 0.338 e. The zero-order valence-corrected chi connectivity index (χ0v) is 13.6. The summed E-state index contributed by atoms with van der Waals surface area (Å²) in [6, 6.07) is 9.13. The lowest BCUT2D eigenvalue weighted by Gasteiger charge is -2.05. The molecule has 0 saturated heterocycles. The van der Waals surface area contributed by atoms with Crippen molar-refractivity contribution in [2.24, 2.45) is 0 Å². The second-order valence-corrected chi connectivity index (χ2v) is 5.74. The second-order valence-electron chi connectivity index (χ2n) is 5.74. The zero-order valence-electron chi connectivity index (χ0n) is 13.6. The van der Waals surface area contributed by atoms with E-state index in [0.29, 0.717) is 12.2 Å². The predicted molar refractivity (Wildman–Crippen MR) is 88.4 cm³/mol. The topological polar surface area (TPSA) is 46.2 Å². The molecule has 1 radical (unpaired) electrons. The summed E-state index contributed by atoms with van der Waals surface area (Å²) in [6.45, 7) is 0.595. The number of carbonyl (C=O) groups excluding carboxylic acids is 1. The van der Waals surface area contributed by atoms with Crippen molar-refractivity contribution in [3.8, 4) is 0 Å². The van der Waals surface area contributed by atoms with Crippen molar-refractivity contribution < 1.29 is 14.6 Å². The fourth-order valence-corrected chi connectivity index (χ4v) is 2.44. The first kappa shape index (κ1) is 18.7. The Hall–Kier alpha value is -1.35. The van der Waals surface area contributed by atoms with Crippen LogP contribution in [0.5, 0.6) is 0 Å². The minimum Gasteiger partial charge on any atom is -0.462 e. The lowest BCUT2D eigenvalue weighted by molar-refractivity contribution is 0.0497.